The predicted octanol–water partition coefficient (Wildman–Crippen LogP) is 4.45. The van der Waals surface area contributed by atoms with Gasteiger partial charge in [-0.15, -0.1) is 0 Å². The number of carbonyl (C=O) groups excluding carboxylic acids is 1. The van der Waals surface area contributed by atoms with Crippen LogP contribution in [0.5, 0.6) is 5.75 Å². The Morgan fingerprint density at radius 1 is 1.12 bits per heavy atom. The Labute approximate surface area is 187 Å². The lowest BCUT2D eigenvalue weighted by atomic mass is 10.0. The van der Waals surface area contributed by atoms with Crippen LogP contribution in [-0.2, 0) is 6.54 Å². The summed E-state index contributed by atoms with van der Waals surface area (Å²) in [6.07, 6.45) is 7.32. The molecule has 7 heteroatoms. The van der Waals surface area contributed by atoms with Gasteiger partial charge in [0.05, 0.1) is 19.7 Å². The number of nitrogens with zero attached hydrogens (tertiary/aromatic N) is 3. The van der Waals surface area contributed by atoms with Crippen LogP contribution in [0.2, 0.25) is 0 Å². The van der Waals surface area contributed by atoms with Gasteiger partial charge in [-0.25, -0.2) is 14.6 Å². The first-order valence-corrected chi connectivity index (χ1v) is 11.0. The molecule has 7 nitrogen and oxygen atoms in total. The fourth-order valence-corrected chi connectivity index (χ4v) is 4.17. The quantitative estimate of drug-likeness (QED) is 0.646. The van der Waals surface area contributed by atoms with E-state index in [1.807, 2.05) is 53.4 Å². The van der Waals surface area contributed by atoms with Gasteiger partial charge in [-0.1, -0.05) is 37.1 Å². The highest BCUT2D eigenvalue weighted by atomic mass is 16.5. The summed E-state index contributed by atoms with van der Waals surface area (Å²) in [5, 5.41) is 3.06. The first kappa shape index (κ1) is 21.6. The normalized spacial score (nSPS) is 16.3. The van der Waals surface area contributed by atoms with E-state index in [4.69, 9.17) is 4.74 Å². The Morgan fingerprint density at radius 3 is 2.75 bits per heavy atom. The van der Waals surface area contributed by atoms with Crippen molar-refractivity contribution in [1.29, 1.82) is 0 Å². The highest BCUT2D eigenvalue weighted by Gasteiger charge is 2.27. The van der Waals surface area contributed by atoms with Crippen molar-refractivity contribution in [2.45, 2.75) is 38.3 Å². The number of aromatic nitrogens is 2. The molecule has 2 heterocycles. The standard InChI is InChI=1S/C25H28N4O3/c1-32-22-12-10-20(11-13-22)23-9-3-2-4-16-29(23)25(31)27-21-8-5-7-19(17-21)18-28-15-6-14-26-24(28)30/h5-8,10-15,17,23H,2-4,9,16,18H2,1H3,(H,27,31)/t23-/m1/s1. The molecular formula is C25H28N4O3. The molecule has 1 aliphatic rings. The Morgan fingerprint density at radius 2 is 1.97 bits per heavy atom. The largest absolute Gasteiger partial charge is 0.497 e. The van der Waals surface area contributed by atoms with E-state index in [1.165, 1.54) is 10.8 Å². The van der Waals surface area contributed by atoms with E-state index in [1.54, 1.807) is 19.4 Å². The van der Waals surface area contributed by atoms with Gasteiger partial charge in [0.25, 0.3) is 0 Å². The molecule has 3 aromatic rings. The van der Waals surface area contributed by atoms with Crippen molar-refractivity contribution in [3.63, 3.8) is 0 Å². The fourth-order valence-electron chi connectivity index (χ4n) is 4.17. The number of amides is 2. The van der Waals surface area contributed by atoms with Crippen LogP contribution >= 0.6 is 0 Å². The zero-order valence-corrected chi connectivity index (χ0v) is 18.2. The summed E-state index contributed by atoms with van der Waals surface area (Å²) in [5.74, 6) is 0.808. The lowest BCUT2D eigenvalue weighted by molar-refractivity contribution is 0.189. The third-order valence-corrected chi connectivity index (χ3v) is 5.83. The maximum Gasteiger partial charge on any atom is 0.347 e. The molecule has 1 aromatic heterocycles. The van der Waals surface area contributed by atoms with Gasteiger partial charge in [0, 0.05) is 24.6 Å². The number of rotatable bonds is 5. The van der Waals surface area contributed by atoms with Gasteiger partial charge >= 0.3 is 11.7 Å². The van der Waals surface area contributed by atoms with E-state index in [0.717, 1.165) is 42.6 Å². The number of carbonyl (C=O) groups is 1. The van der Waals surface area contributed by atoms with Gasteiger partial charge < -0.3 is 15.0 Å². The lowest BCUT2D eigenvalue weighted by Crippen LogP contribution is -2.38. The number of ether oxygens (including phenoxy) is 1. The minimum Gasteiger partial charge on any atom is -0.497 e. The van der Waals surface area contributed by atoms with Crippen LogP contribution in [0, 0.1) is 0 Å². The van der Waals surface area contributed by atoms with Crippen LogP contribution < -0.4 is 15.7 Å². The van der Waals surface area contributed by atoms with Crippen LogP contribution in [0.25, 0.3) is 0 Å². The van der Waals surface area contributed by atoms with E-state index in [9.17, 15) is 9.59 Å². The molecular weight excluding hydrogens is 404 g/mol. The monoisotopic (exact) mass is 432 g/mol. The molecule has 2 aromatic carbocycles. The van der Waals surface area contributed by atoms with Gasteiger partial charge in [-0.2, -0.15) is 0 Å². The van der Waals surface area contributed by atoms with Gasteiger partial charge in [-0.3, -0.25) is 4.57 Å². The van der Waals surface area contributed by atoms with Crippen LogP contribution in [-0.4, -0.2) is 34.1 Å². The van der Waals surface area contributed by atoms with Gasteiger partial charge in [0.1, 0.15) is 5.75 Å². The molecule has 1 fully saturated rings. The van der Waals surface area contributed by atoms with Crippen molar-refractivity contribution < 1.29 is 9.53 Å². The Hall–Kier alpha value is -3.61. The van der Waals surface area contributed by atoms with E-state index in [-0.39, 0.29) is 17.8 Å². The Bertz CT molecular complexity index is 1110. The van der Waals surface area contributed by atoms with Gasteiger partial charge in [0.15, 0.2) is 0 Å². The molecule has 0 spiro atoms. The highest BCUT2D eigenvalue weighted by molar-refractivity contribution is 5.89. The molecule has 1 N–H and O–H groups in total. The minimum absolute atomic E-state index is 0.0283. The van der Waals surface area contributed by atoms with E-state index < -0.39 is 0 Å². The molecule has 1 saturated heterocycles. The molecule has 0 bridgehead atoms. The zero-order valence-electron chi connectivity index (χ0n) is 18.2. The summed E-state index contributed by atoms with van der Waals surface area (Å²) in [5.41, 5.74) is 2.45. The third kappa shape index (κ3) is 5.17. The Kier molecular flexibility index (Phi) is 6.84. The maximum atomic E-state index is 13.3. The van der Waals surface area contributed by atoms with Crippen molar-refractivity contribution >= 4 is 11.7 Å². The molecule has 166 valence electrons. The molecule has 1 atom stereocenters. The SMILES string of the molecule is COc1ccc([C@H]2CCCCCN2C(=O)Nc2cccc(Cn3cccnc3=O)c2)cc1. The summed E-state index contributed by atoms with van der Waals surface area (Å²) in [7, 11) is 1.65. The Balaban J connectivity index is 1.51. The summed E-state index contributed by atoms with van der Waals surface area (Å²) >= 11 is 0. The smallest absolute Gasteiger partial charge is 0.347 e. The number of hydrogen-bond acceptors (Lipinski definition) is 4. The number of nitrogens with one attached hydrogen (secondary N) is 1. The second-order valence-corrected chi connectivity index (χ2v) is 7.99. The number of likely N-dealkylation sites (tertiary alicyclic amines) is 1. The van der Waals surface area contributed by atoms with E-state index in [2.05, 4.69) is 10.3 Å². The third-order valence-electron chi connectivity index (χ3n) is 5.83. The van der Waals surface area contributed by atoms with Crippen LogP contribution in [0.3, 0.4) is 0 Å². The number of urea groups is 1. The average molecular weight is 433 g/mol. The summed E-state index contributed by atoms with van der Waals surface area (Å²) in [6, 6.07) is 17.2. The topological polar surface area (TPSA) is 76.5 Å². The van der Waals surface area contributed by atoms with E-state index in [0.29, 0.717) is 18.8 Å². The molecule has 32 heavy (non-hydrogen) atoms. The maximum absolute atomic E-state index is 13.3. The first-order valence-electron chi connectivity index (χ1n) is 11.0. The number of benzene rings is 2. The number of methoxy groups -OCH3 is 1. The van der Waals surface area contributed by atoms with Crippen molar-refractivity contribution in [3.05, 3.63) is 88.6 Å². The second kappa shape index (κ2) is 10.1. The van der Waals surface area contributed by atoms with Crippen molar-refractivity contribution in [1.82, 2.24) is 14.5 Å². The summed E-state index contributed by atoms with van der Waals surface area (Å²) in [4.78, 5) is 30.9. The van der Waals surface area contributed by atoms with E-state index >= 15 is 0 Å². The van der Waals surface area contributed by atoms with Gasteiger partial charge in [0.2, 0.25) is 0 Å². The van der Waals surface area contributed by atoms with Crippen LogP contribution in [0.15, 0.2) is 71.8 Å². The van der Waals surface area contributed by atoms with Crippen molar-refractivity contribution in [2.75, 3.05) is 19.0 Å². The second-order valence-electron chi connectivity index (χ2n) is 7.99. The fraction of sp³-hybridized carbons (Fsp3) is 0.320. The predicted molar refractivity (Wildman–Crippen MR) is 124 cm³/mol. The molecule has 0 aliphatic carbocycles. The molecule has 4 rings (SSSR count). The molecule has 2 amide bonds. The molecule has 0 unspecified atom stereocenters. The zero-order chi connectivity index (χ0) is 22.3. The minimum atomic E-state index is -0.297. The van der Waals surface area contributed by atoms with Gasteiger partial charge in [-0.05, 0) is 54.3 Å². The molecule has 0 radical (unpaired) electrons. The van der Waals surface area contributed by atoms with Crippen LogP contribution in [0.1, 0.15) is 42.9 Å². The molecule has 1 aliphatic heterocycles. The highest BCUT2D eigenvalue weighted by Crippen LogP contribution is 2.31. The number of anilines is 1. The summed E-state index contributed by atoms with van der Waals surface area (Å²) < 4.78 is 6.81. The van der Waals surface area contributed by atoms with Crippen LogP contribution in [0.4, 0.5) is 10.5 Å². The number of hydrogen-bond donors (Lipinski definition) is 1. The molecule has 0 saturated carbocycles. The average Bonchev–Trinajstić information content (AvgIpc) is 3.07. The van der Waals surface area contributed by atoms with Crippen molar-refractivity contribution in [3.8, 4) is 5.75 Å². The lowest BCUT2D eigenvalue weighted by Gasteiger charge is -2.30. The van der Waals surface area contributed by atoms with Crippen molar-refractivity contribution in [2.24, 2.45) is 0 Å². The summed E-state index contributed by atoms with van der Waals surface area (Å²) in [6.45, 7) is 1.11. The first-order chi connectivity index (χ1) is 15.6.